The molecule has 0 atom stereocenters. The van der Waals surface area contributed by atoms with E-state index in [0.717, 1.165) is 17.3 Å². The lowest BCUT2D eigenvalue weighted by atomic mass is 10.0. The smallest absolute Gasteiger partial charge is 0.341 e. The fourth-order valence-corrected chi connectivity index (χ4v) is 3.52. The van der Waals surface area contributed by atoms with Crippen molar-refractivity contribution in [1.29, 1.82) is 0 Å². The molecule has 0 N–H and O–H groups in total. The Morgan fingerprint density at radius 1 is 1.06 bits per heavy atom. The van der Waals surface area contributed by atoms with E-state index in [-0.39, 0.29) is 0 Å². The molecule has 0 radical (unpaired) electrons. The lowest BCUT2D eigenvalue weighted by molar-refractivity contribution is 0.0597. The summed E-state index contributed by atoms with van der Waals surface area (Å²) in [6.07, 6.45) is 3.29. The van der Waals surface area contributed by atoms with Crippen molar-refractivity contribution in [1.82, 2.24) is 15.0 Å². The van der Waals surface area contributed by atoms with Gasteiger partial charge in [0.15, 0.2) is 0 Å². The first-order valence-electron chi connectivity index (χ1n) is 9.16. The predicted molar refractivity (Wildman–Crippen MR) is 116 cm³/mol. The van der Waals surface area contributed by atoms with Gasteiger partial charge in [0, 0.05) is 11.8 Å². The predicted octanol–water partition coefficient (Wildman–Crippen LogP) is 4.06. The molecule has 0 aliphatic carbocycles. The first kappa shape index (κ1) is 22.1. The van der Waals surface area contributed by atoms with Crippen LogP contribution in [-0.4, -0.2) is 48.9 Å². The van der Waals surface area contributed by atoms with E-state index >= 15 is 0 Å². The Labute approximate surface area is 184 Å². The molecule has 0 fully saturated rings. The van der Waals surface area contributed by atoms with E-state index in [1.54, 1.807) is 24.4 Å². The summed E-state index contributed by atoms with van der Waals surface area (Å²) in [7, 11) is 4.32. The molecule has 1 aromatic carbocycles. The summed E-state index contributed by atoms with van der Waals surface area (Å²) in [6, 6.07) is 10.7. The van der Waals surface area contributed by atoms with E-state index in [1.165, 1.54) is 21.3 Å². The van der Waals surface area contributed by atoms with Crippen molar-refractivity contribution in [3.05, 3.63) is 60.8 Å². The number of pyridine rings is 1. The molecule has 0 unspecified atom stereocenters. The summed E-state index contributed by atoms with van der Waals surface area (Å²) in [5.41, 5.74) is 1.77. The van der Waals surface area contributed by atoms with Crippen LogP contribution in [0, 0.1) is 0 Å². The topological polar surface area (TPSA) is 92.7 Å². The minimum absolute atomic E-state index is 0.306. The number of carbonyl (C=O) groups excluding carboxylic acids is 1. The maximum Gasteiger partial charge on any atom is 0.341 e. The number of nitrogens with zero attached hydrogens (tertiary/aromatic N) is 3. The molecule has 9 heteroatoms. The highest BCUT2D eigenvalue weighted by atomic mass is 32.2. The largest absolute Gasteiger partial charge is 0.490 e. The lowest BCUT2D eigenvalue weighted by Gasteiger charge is -2.13. The molecule has 0 amide bonds. The van der Waals surface area contributed by atoms with Gasteiger partial charge >= 0.3 is 5.97 Å². The number of hydrogen-bond donors (Lipinski definition) is 0. The van der Waals surface area contributed by atoms with E-state index < -0.39 is 5.97 Å². The molecular weight excluding hydrogens is 418 g/mol. The first-order chi connectivity index (χ1) is 15.1. The van der Waals surface area contributed by atoms with Crippen LogP contribution < -0.4 is 14.2 Å². The van der Waals surface area contributed by atoms with Gasteiger partial charge in [-0.1, -0.05) is 24.8 Å². The lowest BCUT2D eigenvalue weighted by Crippen LogP contribution is -2.07. The highest BCUT2D eigenvalue weighted by Crippen LogP contribution is 2.35. The van der Waals surface area contributed by atoms with Crippen molar-refractivity contribution in [2.75, 3.05) is 27.9 Å². The molecule has 160 valence electrons. The SMILES string of the molecule is C=CCOc1ccc(-c2ccnc(Sc3nc(OC)cc(OC)n3)c2C(=O)OC)cc1. The van der Waals surface area contributed by atoms with Gasteiger partial charge in [-0.2, -0.15) is 9.97 Å². The number of aromatic nitrogens is 3. The van der Waals surface area contributed by atoms with Crippen LogP contribution in [-0.2, 0) is 4.74 Å². The van der Waals surface area contributed by atoms with Crippen LogP contribution >= 0.6 is 11.8 Å². The summed E-state index contributed by atoms with van der Waals surface area (Å²) >= 11 is 1.11. The van der Waals surface area contributed by atoms with Crippen LogP contribution in [0.2, 0.25) is 0 Å². The summed E-state index contributed by atoms with van der Waals surface area (Å²) in [5.74, 6) is 0.844. The number of benzene rings is 1. The van der Waals surface area contributed by atoms with Crippen molar-refractivity contribution in [2.45, 2.75) is 10.2 Å². The van der Waals surface area contributed by atoms with Crippen molar-refractivity contribution in [2.24, 2.45) is 0 Å². The maximum atomic E-state index is 12.7. The second-order valence-electron chi connectivity index (χ2n) is 5.99. The number of rotatable bonds is 9. The van der Waals surface area contributed by atoms with E-state index in [2.05, 4.69) is 21.5 Å². The Hall–Kier alpha value is -3.59. The van der Waals surface area contributed by atoms with Gasteiger partial charge in [-0.15, -0.1) is 0 Å². The second kappa shape index (κ2) is 10.4. The van der Waals surface area contributed by atoms with Crippen molar-refractivity contribution in [3.8, 4) is 28.6 Å². The highest BCUT2D eigenvalue weighted by molar-refractivity contribution is 7.99. The van der Waals surface area contributed by atoms with Crippen LogP contribution in [0.3, 0.4) is 0 Å². The van der Waals surface area contributed by atoms with Gasteiger partial charge in [-0.05, 0) is 35.5 Å². The average Bonchev–Trinajstić information content (AvgIpc) is 2.82. The van der Waals surface area contributed by atoms with Crippen molar-refractivity contribution < 1.29 is 23.7 Å². The summed E-state index contributed by atoms with van der Waals surface area (Å²) in [5, 5.41) is 0.714. The summed E-state index contributed by atoms with van der Waals surface area (Å²) < 4.78 is 20.9. The maximum absolute atomic E-state index is 12.7. The Morgan fingerprint density at radius 2 is 1.74 bits per heavy atom. The Morgan fingerprint density at radius 3 is 2.32 bits per heavy atom. The summed E-state index contributed by atoms with van der Waals surface area (Å²) in [4.78, 5) is 25.6. The molecule has 0 spiro atoms. The Balaban J connectivity index is 2.03. The zero-order chi connectivity index (χ0) is 22.2. The summed E-state index contributed by atoms with van der Waals surface area (Å²) in [6.45, 7) is 4.05. The molecular formula is C22H21N3O5S. The monoisotopic (exact) mass is 439 g/mol. The minimum Gasteiger partial charge on any atom is -0.490 e. The van der Waals surface area contributed by atoms with Crippen LogP contribution in [0.15, 0.2) is 65.4 Å². The third-order valence-electron chi connectivity index (χ3n) is 4.10. The molecule has 0 aliphatic rings. The third kappa shape index (κ3) is 5.32. The van der Waals surface area contributed by atoms with E-state index in [4.69, 9.17) is 18.9 Å². The highest BCUT2D eigenvalue weighted by Gasteiger charge is 2.22. The zero-order valence-electron chi connectivity index (χ0n) is 17.3. The molecule has 3 aromatic rings. The molecule has 2 aromatic heterocycles. The van der Waals surface area contributed by atoms with E-state index in [0.29, 0.717) is 45.4 Å². The van der Waals surface area contributed by atoms with Crippen LogP contribution in [0.4, 0.5) is 0 Å². The van der Waals surface area contributed by atoms with Crippen LogP contribution in [0.25, 0.3) is 11.1 Å². The number of hydrogen-bond acceptors (Lipinski definition) is 9. The molecule has 3 rings (SSSR count). The van der Waals surface area contributed by atoms with E-state index in [9.17, 15) is 4.79 Å². The van der Waals surface area contributed by atoms with E-state index in [1.807, 2.05) is 24.3 Å². The van der Waals surface area contributed by atoms with Gasteiger partial charge < -0.3 is 18.9 Å². The molecule has 31 heavy (non-hydrogen) atoms. The Kier molecular flexibility index (Phi) is 7.45. The average molecular weight is 439 g/mol. The number of methoxy groups -OCH3 is 3. The standard InChI is InChI=1S/C22H21N3O5S/c1-5-12-30-15-8-6-14(7-9-15)16-10-11-23-20(19(16)21(26)29-4)31-22-24-17(27-2)13-18(25-22)28-3/h5-11,13H,1,12H2,2-4H3. The number of ether oxygens (including phenoxy) is 4. The molecule has 8 nitrogen and oxygen atoms in total. The number of carbonyl (C=O) groups is 1. The van der Waals surface area contributed by atoms with Gasteiger partial charge in [-0.3, -0.25) is 0 Å². The van der Waals surface area contributed by atoms with Crippen LogP contribution in [0.1, 0.15) is 10.4 Å². The second-order valence-corrected chi connectivity index (χ2v) is 6.95. The number of esters is 1. The zero-order valence-corrected chi connectivity index (χ0v) is 18.1. The van der Waals surface area contributed by atoms with Crippen molar-refractivity contribution >= 4 is 17.7 Å². The fourth-order valence-electron chi connectivity index (χ4n) is 2.67. The van der Waals surface area contributed by atoms with Gasteiger partial charge in [0.2, 0.25) is 16.9 Å². The third-order valence-corrected chi connectivity index (χ3v) is 4.97. The molecule has 0 saturated heterocycles. The quantitative estimate of drug-likeness (QED) is 0.278. The molecule has 0 aliphatic heterocycles. The molecule has 0 saturated carbocycles. The van der Waals surface area contributed by atoms with Crippen molar-refractivity contribution in [3.63, 3.8) is 0 Å². The fraction of sp³-hybridized carbons (Fsp3) is 0.182. The first-order valence-corrected chi connectivity index (χ1v) is 9.97. The Bertz CT molecular complexity index is 1050. The van der Waals surface area contributed by atoms with Gasteiger partial charge in [-0.25, -0.2) is 9.78 Å². The minimum atomic E-state index is -0.521. The normalized spacial score (nSPS) is 10.3. The van der Waals surface area contributed by atoms with Gasteiger partial charge in [0.1, 0.15) is 22.9 Å². The van der Waals surface area contributed by atoms with Crippen LogP contribution in [0.5, 0.6) is 17.5 Å². The molecule has 0 bridgehead atoms. The van der Waals surface area contributed by atoms with Gasteiger partial charge in [0.05, 0.1) is 27.4 Å². The van der Waals surface area contributed by atoms with Gasteiger partial charge in [0.25, 0.3) is 0 Å². The molecule has 2 heterocycles.